The molecule has 7 nitrogen and oxygen atoms in total. The van der Waals surface area contributed by atoms with Crippen LogP contribution in [0.5, 0.6) is 5.75 Å². The van der Waals surface area contributed by atoms with Gasteiger partial charge in [0.05, 0.1) is 27.9 Å². The van der Waals surface area contributed by atoms with Crippen LogP contribution in [0.4, 0.5) is 0 Å². The highest BCUT2D eigenvalue weighted by Gasteiger charge is 2.19. The third-order valence-electron chi connectivity index (χ3n) is 3.96. The van der Waals surface area contributed by atoms with Crippen molar-refractivity contribution in [1.29, 1.82) is 0 Å². The van der Waals surface area contributed by atoms with Gasteiger partial charge in [-0.25, -0.2) is 4.98 Å². The summed E-state index contributed by atoms with van der Waals surface area (Å²) in [7, 11) is 0. The number of hydrogen-bond donors (Lipinski definition) is 2. The minimum atomic E-state index is -0.382. The SMILES string of the molecule is Cc1nc2cc(OCc3cc(C(=O)N[C@@H](CO)C(C)C)no3)ccc2s1. The lowest BCUT2D eigenvalue weighted by atomic mass is 10.1. The molecule has 3 aromatic rings. The number of benzene rings is 1. The highest BCUT2D eigenvalue weighted by molar-refractivity contribution is 7.18. The van der Waals surface area contributed by atoms with Gasteiger partial charge in [0.1, 0.15) is 12.4 Å². The molecule has 0 spiro atoms. The van der Waals surface area contributed by atoms with Crippen LogP contribution in [0.15, 0.2) is 28.8 Å². The van der Waals surface area contributed by atoms with E-state index in [1.165, 1.54) is 6.07 Å². The van der Waals surface area contributed by atoms with Crippen LogP contribution in [-0.4, -0.2) is 33.8 Å². The third-order valence-corrected chi connectivity index (χ3v) is 4.91. The van der Waals surface area contributed by atoms with Gasteiger partial charge in [-0.1, -0.05) is 19.0 Å². The van der Waals surface area contributed by atoms with Gasteiger partial charge in [-0.3, -0.25) is 4.79 Å². The quantitative estimate of drug-likeness (QED) is 0.659. The van der Waals surface area contributed by atoms with Crippen molar-refractivity contribution in [3.63, 3.8) is 0 Å². The molecule has 0 unspecified atom stereocenters. The molecule has 1 aromatic carbocycles. The van der Waals surface area contributed by atoms with E-state index in [4.69, 9.17) is 9.26 Å². The van der Waals surface area contributed by atoms with Gasteiger partial charge in [0, 0.05) is 12.1 Å². The zero-order valence-corrected chi connectivity index (χ0v) is 15.7. The van der Waals surface area contributed by atoms with Gasteiger partial charge >= 0.3 is 0 Å². The summed E-state index contributed by atoms with van der Waals surface area (Å²) in [4.78, 5) is 16.6. The van der Waals surface area contributed by atoms with Crippen LogP contribution in [0.2, 0.25) is 0 Å². The number of rotatable bonds is 7. The fourth-order valence-corrected chi connectivity index (χ4v) is 3.23. The number of thiazole rings is 1. The molecule has 26 heavy (non-hydrogen) atoms. The lowest BCUT2D eigenvalue weighted by Crippen LogP contribution is -2.41. The summed E-state index contributed by atoms with van der Waals surface area (Å²) < 4.78 is 12.0. The minimum absolute atomic E-state index is 0.114. The molecule has 1 atom stereocenters. The van der Waals surface area contributed by atoms with Crippen LogP contribution in [0, 0.1) is 12.8 Å². The van der Waals surface area contributed by atoms with Crippen molar-refractivity contribution in [2.45, 2.75) is 33.4 Å². The van der Waals surface area contributed by atoms with Crippen molar-refractivity contribution >= 4 is 27.5 Å². The van der Waals surface area contributed by atoms with E-state index >= 15 is 0 Å². The number of fused-ring (bicyclic) bond motifs is 1. The molecule has 0 saturated carbocycles. The maximum Gasteiger partial charge on any atom is 0.273 e. The summed E-state index contributed by atoms with van der Waals surface area (Å²) in [5, 5.41) is 16.8. The molecule has 2 N–H and O–H groups in total. The van der Waals surface area contributed by atoms with Crippen molar-refractivity contribution in [2.24, 2.45) is 5.92 Å². The first-order valence-electron chi connectivity index (χ1n) is 8.33. The molecule has 8 heteroatoms. The number of carbonyl (C=O) groups excluding carboxylic acids is 1. The normalized spacial score (nSPS) is 12.5. The summed E-state index contributed by atoms with van der Waals surface area (Å²) in [6.07, 6.45) is 0. The Bertz CT molecular complexity index is 903. The van der Waals surface area contributed by atoms with Crippen LogP contribution < -0.4 is 10.1 Å². The van der Waals surface area contributed by atoms with E-state index in [-0.39, 0.29) is 36.8 Å². The molecule has 3 rings (SSSR count). The van der Waals surface area contributed by atoms with Gasteiger partial charge in [0.15, 0.2) is 11.5 Å². The van der Waals surface area contributed by atoms with Crippen molar-refractivity contribution in [3.8, 4) is 5.75 Å². The standard InChI is InChI=1S/C18H21N3O4S/c1-10(2)16(8-22)20-18(23)15-7-13(25-21-15)9-24-12-4-5-17-14(6-12)19-11(3)26-17/h4-7,10,16,22H,8-9H2,1-3H3,(H,20,23)/t16-/m0/s1. The predicted octanol–water partition coefficient (Wildman–Crippen LogP) is 2.92. The summed E-state index contributed by atoms with van der Waals surface area (Å²) in [5.41, 5.74) is 1.06. The van der Waals surface area contributed by atoms with Crippen LogP contribution in [0.3, 0.4) is 0 Å². The van der Waals surface area contributed by atoms with Crippen LogP contribution in [0.1, 0.15) is 35.1 Å². The van der Waals surface area contributed by atoms with Gasteiger partial charge in [0.25, 0.3) is 5.91 Å². The predicted molar refractivity (Wildman–Crippen MR) is 98.4 cm³/mol. The monoisotopic (exact) mass is 375 g/mol. The number of ether oxygens (including phenoxy) is 1. The molecular formula is C18H21N3O4S. The molecule has 0 aliphatic heterocycles. The maximum atomic E-state index is 12.2. The van der Waals surface area contributed by atoms with Crippen LogP contribution in [-0.2, 0) is 6.61 Å². The Morgan fingerprint density at radius 3 is 2.92 bits per heavy atom. The van der Waals surface area contributed by atoms with E-state index in [2.05, 4.69) is 15.5 Å². The number of carbonyl (C=O) groups is 1. The molecule has 0 aliphatic carbocycles. The number of aryl methyl sites for hydroxylation is 1. The second-order valence-electron chi connectivity index (χ2n) is 6.34. The average Bonchev–Trinajstić information content (AvgIpc) is 3.22. The number of nitrogens with one attached hydrogen (secondary N) is 1. The molecule has 138 valence electrons. The van der Waals surface area contributed by atoms with E-state index in [0.29, 0.717) is 11.5 Å². The molecule has 0 fully saturated rings. The molecular weight excluding hydrogens is 354 g/mol. The maximum absolute atomic E-state index is 12.2. The van der Waals surface area contributed by atoms with Gasteiger partial charge < -0.3 is 19.7 Å². The zero-order chi connectivity index (χ0) is 18.7. The molecule has 0 aliphatic rings. The van der Waals surface area contributed by atoms with Gasteiger partial charge in [-0.2, -0.15) is 0 Å². The number of aromatic nitrogens is 2. The van der Waals surface area contributed by atoms with E-state index in [1.54, 1.807) is 11.3 Å². The molecule has 0 saturated heterocycles. The van der Waals surface area contributed by atoms with Crippen LogP contribution in [0.25, 0.3) is 10.2 Å². The molecule has 2 heterocycles. The first-order valence-corrected chi connectivity index (χ1v) is 9.15. The van der Waals surface area contributed by atoms with Crippen molar-refractivity contribution < 1.29 is 19.2 Å². The summed E-state index contributed by atoms with van der Waals surface area (Å²) in [6, 6.07) is 6.92. The fraction of sp³-hybridized carbons (Fsp3) is 0.389. The average molecular weight is 375 g/mol. The first-order chi connectivity index (χ1) is 12.5. The topological polar surface area (TPSA) is 97.5 Å². The summed E-state index contributed by atoms with van der Waals surface area (Å²) in [6.45, 7) is 5.83. The smallest absolute Gasteiger partial charge is 0.273 e. The molecule has 2 aromatic heterocycles. The molecule has 0 bridgehead atoms. The minimum Gasteiger partial charge on any atom is -0.485 e. The van der Waals surface area contributed by atoms with E-state index in [9.17, 15) is 9.90 Å². The first kappa shape index (κ1) is 18.3. The van der Waals surface area contributed by atoms with Crippen molar-refractivity contribution in [1.82, 2.24) is 15.5 Å². The molecule has 0 radical (unpaired) electrons. The van der Waals surface area contributed by atoms with E-state index in [0.717, 1.165) is 15.2 Å². The van der Waals surface area contributed by atoms with Crippen molar-refractivity contribution in [2.75, 3.05) is 6.61 Å². The molecule has 1 amide bonds. The Morgan fingerprint density at radius 1 is 1.38 bits per heavy atom. The Kier molecular flexibility index (Phi) is 5.53. The highest BCUT2D eigenvalue weighted by atomic mass is 32.1. The Balaban J connectivity index is 1.61. The Morgan fingerprint density at radius 2 is 2.19 bits per heavy atom. The van der Waals surface area contributed by atoms with Gasteiger partial charge in [0.2, 0.25) is 0 Å². The summed E-state index contributed by atoms with van der Waals surface area (Å²) >= 11 is 1.63. The second kappa shape index (κ2) is 7.84. The lowest BCUT2D eigenvalue weighted by Gasteiger charge is -2.18. The Hall–Kier alpha value is -2.45. The number of nitrogens with zero attached hydrogens (tertiary/aromatic N) is 2. The summed E-state index contributed by atoms with van der Waals surface area (Å²) in [5.74, 6) is 0.843. The number of aliphatic hydroxyl groups excluding tert-OH is 1. The van der Waals surface area contributed by atoms with Crippen LogP contribution >= 0.6 is 11.3 Å². The Labute approximate surface area is 155 Å². The fourth-order valence-electron chi connectivity index (χ4n) is 2.42. The van der Waals surface area contributed by atoms with Crippen molar-refractivity contribution in [3.05, 3.63) is 40.7 Å². The van der Waals surface area contributed by atoms with Gasteiger partial charge in [-0.05, 0) is 25.0 Å². The van der Waals surface area contributed by atoms with Gasteiger partial charge in [-0.15, -0.1) is 11.3 Å². The number of amides is 1. The second-order valence-corrected chi connectivity index (χ2v) is 7.57. The zero-order valence-electron chi connectivity index (χ0n) is 14.9. The van der Waals surface area contributed by atoms with E-state index < -0.39 is 0 Å². The lowest BCUT2D eigenvalue weighted by molar-refractivity contribution is 0.0887. The largest absolute Gasteiger partial charge is 0.485 e. The number of hydrogen-bond acceptors (Lipinski definition) is 7. The third kappa shape index (κ3) is 4.20. The number of aliphatic hydroxyl groups is 1. The highest BCUT2D eigenvalue weighted by Crippen LogP contribution is 2.26. The van der Waals surface area contributed by atoms with E-state index in [1.807, 2.05) is 39.0 Å².